The number of anilines is 2. The van der Waals surface area contributed by atoms with Gasteiger partial charge in [0.05, 0.1) is 5.56 Å². The lowest BCUT2D eigenvalue weighted by Gasteiger charge is -2.36. The number of aromatic amines is 1. The average molecular weight is 572 g/mol. The largest absolute Gasteiger partial charge is 0.416 e. The van der Waals surface area contributed by atoms with Gasteiger partial charge in [-0.15, -0.1) is 0 Å². The highest BCUT2D eigenvalue weighted by Crippen LogP contribution is 2.36. The second-order valence-electron chi connectivity index (χ2n) is 10.8. The molecule has 5 rings (SSSR count). The third kappa shape index (κ3) is 6.50. The van der Waals surface area contributed by atoms with Gasteiger partial charge in [-0.3, -0.25) is 9.69 Å². The van der Waals surface area contributed by atoms with Gasteiger partial charge in [-0.25, -0.2) is 0 Å². The summed E-state index contributed by atoms with van der Waals surface area (Å²) in [6.45, 7) is 8.25. The van der Waals surface area contributed by atoms with Crippen molar-refractivity contribution >= 4 is 17.3 Å². The Balaban J connectivity index is 1.27. The molecule has 0 unspecified atom stereocenters. The third-order valence-electron chi connectivity index (χ3n) is 7.59. The van der Waals surface area contributed by atoms with Crippen molar-refractivity contribution in [2.24, 2.45) is 0 Å². The van der Waals surface area contributed by atoms with Crippen molar-refractivity contribution in [3.05, 3.63) is 107 Å². The maximum Gasteiger partial charge on any atom is 0.416 e. The minimum atomic E-state index is -4.43. The molecule has 0 radical (unpaired) electrons. The summed E-state index contributed by atoms with van der Waals surface area (Å²) in [5.41, 5.74) is 5.06. The Bertz CT molecular complexity index is 1580. The number of carbonyl (C=O) groups is 1. The van der Waals surface area contributed by atoms with Crippen molar-refractivity contribution in [3.63, 3.8) is 0 Å². The molecular formula is C33H32F3N5O. The normalized spacial score (nSPS) is 14.2. The van der Waals surface area contributed by atoms with E-state index >= 15 is 0 Å². The quantitative estimate of drug-likeness (QED) is 0.245. The first-order valence-electron chi connectivity index (χ1n) is 13.9. The van der Waals surface area contributed by atoms with Gasteiger partial charge in [0.2, 0.25) is 0 Å². The van der Waals surface area contributed by atoms with Crippen LogP contribution in [-0.2, 0) is 12.7 Å². The number of amides is 1. The standard InChI is InChI=1S/C33H32F3N5O/c1-22(2)29-4-3-5-30(31(29)23-6-8-24(9-7-23)33(34,35)36)32(42)39-25-12-14-28(15-13-25)41-18-16-40(17-19-41)21-27-11-10-26(20-37)38-27/h3-15,22,38H,16-19,21H2,1-2H3,(H,39,42). The summed E-state index contributed by atoms with van der Waals surface area (Å²) in [5, 5.41) is 12.0. The maximum absolute atomic E-state index is 13.5. The van der Waals surface area contributed by atoms with E-state index in [2.05, 4.69) is 26.2 Å². The fourth-order valence-electron chi connectivity index (χ4n) is 5.35. The van der Waals surface area contributed by atoms with Crippen LogP contribution in [0.5, 0.6) is 0 Å². The molecule has 0 atom stereocenters. The van der Waals surface area contributed by atoms with E-state index in [0.29, 0.717) is 28.1 Å². The monoisotopic (exact) mass is 571 g/mol. The van der Waals surface area contributed by atoms with E-state index in [1.165, 1.54) is 12.1 Å². The van der Waals surface area contributed by atoms with Crippen molar-refractivity contribution in [1.29, 1.82) is 5.26 Å². The van der Waals surface area contributed by atoms with Gasteiger partial charge in [0.1, 0.15) is 11.8 Å². The molecule has 9 heteroatoms. The molecule has 0 bridgehead atoms. The first kappa shape index (κ1) is 29.0. The van der Waals surface area contributed by atoms with Crippen molar-refractivity contribution in [3.8, 4) is 17.2 Å². The molecule has 1 amide bonds. The zero-order valence-corrected chi connectivity index (χ0v) is 23.5. The smallest absolute Gasteiger partial charge is 0.369 e. The number of hydrogen-bond donors (Lipinski definition) is 2. The van der Waals surface area contributed by atoms with E-state index < -0.39 is 11.7 Å². The van der Waals surface area contributed by atoms with E-state index in [-0.39, 0.29) is 11.8 Å². The Labute approximate surface area is 243 Å². The highest BCUT2D eigenvalue weighted by molar-refractivity contribution is 6.09. The van der Waals surface area contributed by atoms with Gasteiger partial charge in [0, 0.05) is 55.4 Å². The van der Waals surface area contributed by atoms with E-state index in [0.717, 1.165) is 61.8 Å². The molecule has 216 valence electrons. The van der Waals surface area contributed by atoms with Crippen LogP contribution in [0, 0.1) is 11.3 Å². The van der Waals surface area contributed by atoms with E-state index in [9.17, 15) is 18.0 Å². The predicted molar refractivity (Wildman–Crippen MR) is 158 cm³/mol. The zero-order valence-electron chi connectivity index (χ0n) is 23.5. The summed E-state index contributed by atoms with van der Waals surface area (Å²) in [7, 11) is 0. The molecule has 0 saturated carbocycles. The minimum absolute atomic E-state index is 0.0626. The molecule has 1 aliphatic rings. The summed E-state index contributed by atoms with van der Waals surface area (Å²) in [5.74, 6) is -0.259. The van der Waals surface area contributed by atoms with Crippen LogP contribution in [0.3, 0.4) is 0 Å². The van der Waals surface area contributed by atoms with Crippen molar-refractivity contribution < 1.29 is 18.0 Å². The fraction of sp³-hybridized carbons (Fsp3) is 0.273. The SMILES string of the molecule is CC(C)c1cccc(C(=O)Nc2ccc(N3CCN(Cc4ccc(C#N)[nH]4)CC3)cc2)c1-c1ccc(C(F)(F)F)cc1. The lowest BCUT2D eigenvalue weighted by molar-refractivity contribution is -0.137. The number of aromatic nitrogens is 1. The van der Waals surface area contributed by atoms with Crippen molar-refractivity contribution in [2.45, 2.75) is 32.5 Å². The van der Waals surface area contributed by atoms with Crippen LogP contribution < -0.4 is 10.2 Å². The number of nitrogens with zero attached hydrogens (tertiary/aromatic N) is 3. The van der Waals surface area contributed by atoms with Gasteiger partial charge < -0.3 is 15.2 Å². The Hall–Kier alpha value is -4.55. The molecule has 6 nitrogen and oxygen atoms in total. The fourth-order valence-corrected chi connectivity index (χ4v) is 5.35. The van der Waals surface area contributed by atoms with Crippen LogP contribution >= 0.6 is 0 Å². The van der Waals surface area contributed by atoms with E-state index in [1.54, 1.807) is 18.2 Å². The van der Waals surface area contributed by atoms with Gasteiger partial charge >= 0.3 is 6.18 Å². The van der Waals surface area contributed by atoms with Crippen LogP contribution in [-0.4, -0.2) is 42.0 Å². The van der Waals surface area contributed by atoms with Crippen molar-refractivity contribution in [1.82, 2.24) is 9.88 Å². The number of piperazine rings is 1. The Morgan fingerprint density at radius 2 is 1.64 bits per heavy atom. The van der Waals surface area contributed by atoms with Crippen LogP contribution in [0.4, 0.5) is 24.5 Å². The number of carbonyl (C=O) groups excluding carboxylic acids is 1. The molecule has 0 aliphatic carbocycles. The van der Waals surface area contributed by atoms with Gasteiger partial charge in [0.25, 0.3) is 5.91 Å². The lowest BCUT2D eigenvalue weighted by atomic mass is 9.88. The number of halogens is 3. The molecule has 1 fully saturated rings. The number of rotatable bonds is 7. The van der Waals surface area contributed by atoms with E-state index in [4.69, 9.17) is 5.26 Å². The summed E-state index contributed by atoms with van der Waals surface area (Å²) in [4.78, 5) is 21.2. The van der Waals surface area contributed by atoms with Gasteiger partial charge in [-0.1, -0.05) is 38.1 Å². The minimum Gasteiger partial charge on any atom is -0.369 e. The lowest BCUT2D eigenvalue weighted by Crippen LogP contribution is -2.46. The summed E-state index contributed by atoms with van der Waals surface area (Å²) in [6, 6.07) is 23.9. The predicted octanol–water partition coefficient (Wildman–Crippen LogP) is 7.27. The first-order valence-corrected chi connectivity index (χ1v) is 13.9. The molecule has 4 aromatic rings. The number of alkyl halides is 3. The highest BCUT2D eigenvalue weighted by Gasteiger charge is 2.30. The summed E-state index contributed by atoms with van der Waals surface area (Å²) < 4.78 is 39.5. The van der Waals surface area contributed by atoms with E-state index in [1.807, 2.05) is 50.2 Å². The Morgan fingerprint density at radius 1 is 0.952 bits per heavy atom. The van der Waals surface area contributed by atoms with Crippen LogP contribution in [0.15, 0.2) is 78.9 Å². The molecule has 3 aromatic carbocycles. The second kappa shape index (κ2) is 12.1. The molecular weight excluding hydrogens is 539 g/mol. The molecule has 1 aliphatic heterocycles. The number of benzene rings is 3. The summed E-state index contributed by atoms with van der Waals surface area (Å²) >= 11 is 0. The van der Waals surface area contributed by atoms with Crippen LogP contribution in [0.1, 0.15) is 52.6 Å². The molecule has 42 heavy (non-hydrogen) atoms. The summed E-state index contributed by atoms with van der Waals surface area (Å²) in [6.07, 6.45) is -4.43. The molecule has 1 saturated heterocycles. The Morgan fingerprint density at radius 3 is 2.24 bits per heavy atom. The van der Waals surface area contributed by atoms with Gasteiger partial charge in [-0.2, -0.15) is 18.4 Å². The van der Waals surface area contributed by atoms with Crippen molar-refractivity contribution in [2.75, 3.05) is 36.4 Å². The molecule has 2 heterocycles. The van der Waals surface area contributed by atoms with Gasteiger partial charge in [0.15, 0.2) is 0 Å². The number of nitriles is 1. The topological polar surface area (TPSA) is 75.2 Å². The highest BCUT2D eigenvalue weighted by atomic mass is 19.4. The molecule has 1 aromatic heterocycles. The third-order valence-corrected chi connectivity index (χ3v) is 7.59. The number of hydrogen-bond acceptors (Lipinski definition) is 4. The first-order chi connectivity index (χ1) is 20.1. The molecule has 0 spiro atoms. The molecule has 2 N–H and O–H groups in total. The average Bonchev–Trinajstić information content (AvgIpc) is 3.44. The zero-order chi connectivity index (χ0) is 29.9. The number of nitrogens with one attached hydrogen (secondary N) is 2. The number of H-pyrrole nitrogens is 1. The van der Waals surface area contributed by atoms with Crippen LogP contribution in [0.2, 0.25) is 0 Å². The Kier molecular flexibility index (Phi) is 8.36. The van der Waals surface area contributed by atoms with Crippen LogP contribution in [0.25, 0.3) is 11.1 Å². The second-order valence-corrected chi connectivity index (χ2v) is 10.8. The maximum atomic E-state index is 13.5. The van der Waals surface area contributed by atoms with Gasteiger partial charge in [-0.05, 0) is 77.2 Å².